The number of methoxy groups -OCH3 is 1. The maximum Gasteiger partial charge on any atom is 0.160 e. The third-order valence-corrected chi connectivity index (χ3v) is 4.31. The zero-order valence-electron chi connectivity index (χ0n) is 14.3. The van der Waals surface area contributed by atoms with Gasteiger partial charge in [0.2, 0.25) is 0 Å². The first-order valence-corrected chi connectivity index (χ1v) is 8.39. The second kappa shape index (κ2) is 7.73. The van der Waals surface area contributed by atoms with Gasteiger partial charge in [-0.15, -0.1) is 0 Å². The highest BCUT2D eigenvalue weighted by Crippen LogP contribution is 2.27. The number of benzene rings is 1. The summed E-state index contributed by atoms with van der Waals surface area (Å²) in [6.45, 7) is 5.10. The summed E-state index contributed by atoms with van der Waals surface area (Å²) in [5.74, 6) is 2.53. The van der Waals surface area contributed by atoms with Crippen LogP contribution in [0.2, 0.25) is 0 Å². The number of rotatable bonds is 7. The van der Waals surface area contributed by atoms with Crippen LogP contribution in [0.5, 0.6) is 11.5 Å². The van der Waals surface area contributed by atoms with Crippen LogP contribution in [-0.2, 0) is 17.8 Å². The number of phenolic OH excluding ortho intramolecular Hbond substituents is 1. The lowest BCUT2D eigenvalue weighted by Gasteiger charge is -2.24. The van der Waals surface area contributed by atoms with E-state index in [-0.39, 0.29) is 11.9 Å². The second-order valence-electron chi connectivity index (χ2n) is 6.32. The minimum Gasteiger partial charge on any atom is -0.504 e. The van der Waals surface area contributed by atoms with E-state index in [4.69, 9.17) is 13.9 Å². The zero-order valence-corrected chi connectivity index (χ0v) is 14.3. The smallest absolute Gasteiger partial charge is 0.160 e. The first kappa shape index (κ1) is 16.9. The van der Waals surface area contributed by atoms with Crippen LogP contribution in [0.15, 0.2) is 34.7 Å². The molecule has 3 rings (SSSR count). The summed E-state index contributed by atoms with van der Waals surface area (Å²) in [4.78, 5) is 2.30. The minimum atomic E-state index is 0.168. The third-order valence-electron chi connectivity index (χ3n) is 4.31. The molecule has 1 aliphatic heterocycles. The van der Waals surface area contributed by atoms with Crippen LogP contribution in [0.1, 0.15) is 29.9 Å². The Labute approximate surface area is 142 Å². The van der Waals surface area contributed by atoms with Gasteiger partial charge in [-0.2, -0.15) is 0 Å². The molecule has 0 aliphatic carbocycles. The van der Waals surface area contributed by atoms with Crippen LogP contribution in [0, 0.1) is 6.92 Å². The van der Waals surface area contributed by atoms with Crippen LogP contribution in [0.4, 0.5) is 0 Å². The van der Waals surface area contributed by atoms with Gasteiger partial charge in [0.25, 0.3) is 0 Å². The van der Waals surface area contributed by atoms with Crippen molar-refractivity contribution in [1.82, 2.24) is 4.90 Å². The molecule has 0 spiro atoms. The molecular formula is C19H25NO4. The number of ether oxygens (including phenoxy) is 2. The number of furan rings is 1. The van der Waals surface area contributed by atoms with Crippen molar-refractivity contribution in [3.8, 4) is 11.5 Å². The van der Waals surface area contributed by atoms with Crippen LogP contribution >= 0.6 is 0 Å². The Hall–Kier alpha value is -1.98. The van der Waals surface area contributed by atoms with E-state index >= 15 is 0 Å². The standard InChI is InChI=1S/C19H25NO4/c1-14-5-7-17(24-14)13-20(12-16-4-3-9-23-16)11-15-6-8-19(22-2)18(21)10-15/h5-8,10,16,21H,3-4,9,11-13H2,1-2H3/t16-/m0/s1. The molecule has 0 unspecified atom stereocenters. The Kier molecular flexibility index (Phi) is 5.43. The van der Waals surface area contributed by atoms with Gasteiger partial charge in [-0.25, -0.2) is 0 Å². The average Bonchev–Trinajstić information content (AvgIpc) is 3.19. The third kappa shape index (κ3) is 4.30. The fourth-order valence-electron chi connectivity index (χ4n) is 3.14. The molecule has 1 saturated heterocycles. The summed E-state index contributed by atoms with van der Waals surface area (Å²) < 4.78 is 16.6. The Balaban J connectivity index is 1.71. The molecule has 1 aromatic heterocycles. The second-order valence-corrected chi connectivity index (χ2v) is 6.32. The highest BCUT2D eigenvalue weighted by Gasteiger charge is 2.20. The molecule has 0 bridgehead atoms. The summed E-state index contributed by atoms with van der Waals surface area (Å²) in [5, 5.41) is 9.99. The van der Waals surface area contributed by atoms with E-state index in [1.165, 1.54) is 0 Å². The SMILES string of the molecule is COc1ccc(CN(Cc2ccc(C)o2)C[C@@H]2CCCO2)cc1O. The van der Waals surface area contributed by atoms with Crippen molar-refractivity contribution < 1.29 is 19.0 Å². The van der Waals surface area contributed by atoms with Crippen molar-refractivity contribution in [3.63, 3.8) is 0 Å². The first-order valence-electron chi connectivity index (χ1n) is 8.39. The highest BCUT2D eigenvalue weighted by atomic mass is 16.5. The van der Waals surface area contributed by atoms with Crippen molar-refractivity contribution in [1.29, 1.82) is 0 Å². The van der Waals surface area contributed by atoms with Crippen molar-refractivity contribution in [2.24, 2.45) is 0 Å². The Bertz CT molecular complexity index is 661. The van der Waals surface area contributed by atoms with Gasteiger partial charge in [0.1, 0.15) is 11.5 Å². The lowest BCUT2D eigenvalue weighted by Crippen LogP contribution is -2.31. The fourth-order valence-corrected chi connectivity index (χ4v) is 3.14. The lowest BCUT2D eigenvalue weighted by atomic mass is 10.1. The molecule has 5 heteroatoms. The molecule has 1 fully saturated rings. The van der Waals surface area contributed by atoms with Gasteiger partial charge < -0.3 is 19.0 Å². The summed E-state index contributed by atoms with van der Waals surface area (Å²) in [7, 11) is 1.55. The van der Waals surface area contributed by atoms with E-state index in [0.717, 1.165) is 56.2 Å². The van der Waals surface area contributed by atoms with E-state index in [2.05, 4.69) is 4.90 Å². The van der Waals surface area contributed by atoms with E-state index in [9.17, 15) is 5.11 Å². The molecule has 0 radical (unpaired) electrons. The van der Waals surface area contributed by atoms with Gasteiger partial charge in [0.05, 0.1) is 19.8 Å². The number of nitrogens with zero attached hydrogens (tertiary/aromatic N) is 1. The van der Waals surface area contributed by atoms with Crippen LogP contribution in [0.25, 0.3) is 0 Å². The Morgan fingerprint density at radius 2 is 2.12 bits per heavy atom. The molecule has 0 amide bonds. The topological polar surface area (TPSA) is 55.1 Å². The number of phenols is 1. The largest absolute Gasteiger partial charge is 0.504 e. The van der Waals surface area contributed by atoms with Gasteiger partial charge in [-0.3, -0.25) is 4.90 Å². The van der Waals surface area contributed by atoms with Crippen molar-refractivity contribution in [3.05, 3.63) is 47.4 Å². The molecule has 1 N–H and O–H groups in total. The summed E-state index contributed by atoms with van der Waals surface area (Å²) in [5.41, 5.74) is 1.04. The monoisotopic (exact) mass is 331 g/mol. The lowest BCUT2D eigenvalue weighted by molar-refractivity contribution is 0.0654. The van der Waals surface area contributed by atoms with Crippen LogP contribution < -0.4 is 4.74 Å². The van der Waals surface area contributed by atoms with Gasteiger partial charge in [-0.05, 0) is 49.6 Å². The summed E-state index contributed by atoms with van der Waals surface area (Å²) in [6, 6.07) is 9.54. The normalized spacial score (nSPS) is 17.5. The molecule has 0 saturated carbocycles. The van der Waals surface area contributed by atoms with Gasteiger partial charge >= 0.3 is 0 Å². The van der Waals surface area contributed by atoms with Gasteiger partial charge in [0.15, 0.2) is 11.5 Å². The van der Waals surface area contributed by atoms with Crippen molar-refractivity contribution in [2.75, 3.05) is 20.3 Å². The molecule has 2 heterocycles. The molecule has 2 aromatic rings. The maximum atomic E-state index is 9.99. The molecule has 130 valence electrons. The molecule has 24 heavy (non-hydrogen) atoms. The fraction of sp³-hybridized carbons (Fsp3) is 0.474. The Morgan fingerprint density at radius 3 is 2.75 bits per heavy atom. The predicted octanol–water partition coefficient (Wildman–Crippen LogP) is 3.48. The zero-order chi connectivity index (χ0) is 16.9. The molecule has 5 nitrogen and oxygen atoms in total. The van der Waals surface area contributed by atoms with Gasteiger partial charge in [0, 0.05) is 19.7 Å². The minimum absolute atomic E-state index is 0.168. The average molecular weight is 331 g/mol. The number of aromatic hydroxyl groups is 1. The number of hydrogen-bond acceptors (Lipinski definition) is 5. The van der Waals surface area contributed by atoms with Crippen molar-refractivity contribution >= 4 is 0 Å². The molecule has 1 atom stereocenters. The molecule has 1 aliphatic rings. The predicted molar refractivity (Wildman–Crippen MR) is 91.2 cm³/mol. The van der Waals surface area contributed by atoms with E-state index in [0.29, 0.717) is 5.75 Å². The quantitative estimate of drug-likeness (QED) is 0.842. The molecular weight excluding hydrogens is 306 g/mol. The highest BCUT2D eigenvalue weighted by molar-refractivity contribution is 5.41. The van der Waals surface area contributed by atoms with E-state index in [1.807, 2.05) is 25.1 Å². The number of aryl methyl sites for hydroxylation is 1. The summed E-state index contributed by atoms with van der Waals surface area (Å²) in [6.07, 6.45) is 2.50. The Morgan fingerprint density at radius 1 is 1.25 bits per heavy atom. The van der Waals surface area contributed by atoms with E-state index in [1.54, 1.807) is 19.2 Å². The van der Waals surface area contributed by atoms with Crippen LogP contribution in [0.3, 0.4) is 0 Å². The van der Waals surface area contributed by atoms with E-state index < -0.39 is 0 Å². The van der Waals surface area contributed by atoms with Crippen molar-refractivity contribution in [2.45, 2.75) is 39.0 Å². The first-order chi connectivity index (χ1) is 11.6. The molecule has 1 aromatic carbocycles. The number of hydrogen-bond donors (Lipinski definition) is 1. The van der Waals surface area contributed by atoms with Gasteiger partial charge in [-0.1, -0.05) is 6.07 Å². The van der Waals surface area contributed by atoms with Crippen LogP contribution in [-0.4, -0.2) is 36.4 Å². The maximum absolute atomic E-state index is 9.99. The summed E-state index contributed by atoms with van der Waals surface area (Å²) >= 11 is 0.